The quantitative estimate of drug-likeness (QED) is 0.217. The molecule has 0 aliphatic carbocycles. The van der Waals surface area contributed by atoms with Gasteiger partial charge in [-0.05, 0) is 73.5 Å². The van der Waals surface area contributed by atoms with Crippen LogP contribution in [0.2, 0.25) is 0 Å². The summed E-state index contributed by atoms with van der Waals surface area (Å²) in [7, 11) is 0.650. The molecule has 1 saturated heterocycles. The van der Waals surface area contributed by atoms with Crippen LogP contribution in [0.25, 0.3) is 10.8 Å². The molecule has 0 spiro atoms. The molecule has 2 heterocycles. The second kappa shape index (κ2) is 10.6. The van der Waals surface area contributed by atoms with E-state index in [-0.39, 0.29) is 24.3 Å². The molecule has 3 N–H and O–H groups in total. The number of nitrogen functional groups attached to an aromatic ring is 1. The zero-order valence-corrected chi connectivity index (χ0v) is 19.3. The van der Waals surface area contributed by atoms with Crippen LogP contribution in [0.4, 0.5) is 5.69 Å². The highest BCUT2D eigenvalue weighted by molar-refractivity contribution is 7.47. The van der Waals surface area contributed by atoms with Gasteiger partial charge in [-0.25, -0.2) is 4.68 Å². The van der Waals surface area contributed by atoms with E-state index in [0.717, 1.165) is 42.2 Å². The number of anilines is 1. The summed E-state index contributed by atoms with van der Waals surface area (Å²) in [5, 5.41) is 8.98. The van der Waals surface area contributed by atoms with Gasteiger partial charge >= 0.3 is 0 Å². The molecule has 3 aromatic rings. The van der Waals surface area contributed by atoms with Crippen molar-refractivity contribution in [3.8, 4) is 5.75 Å². The summed E-state index contributed by atoms with van der Waals surface area (Å²) in [5.74, 6) is 0.0507. The third-order valence-electron chi connectivity index (χ3n) is 5.62. The third-order valence-corrected chi connectivity index (χ3v) is 6.94. The van der Waals surface area contributed by atoms with Crippen molar-refractivity contribution in [2.24, 2.45) is 0 Å². The van der Waals surface area contributed by atoms with Crippen LogP contribution in [0, 0.1) is 0 Å². The number of rotatable bonds is 9. The third kappa shape index (κ3) is 5.76. The van der Waals surface area contributed by atoms with E-state index in [0.29, 0.717) is 20.6 Å². The summed E-state index contributed by atoms with van der Waals surface area (Å²) < 4.78 is 6.91. The van der Waals surface area contributed by atoms with Gasteiger partial charge in [0.15, 0.2) is 0 Å². The van der Waals surface area contributed by atoms with Crippen molar-refractivity contribution in [1.29, 1.82) is 0 Å². The van der Waals surface area contributed by atoms with E-state index in [1.807, 2.05) is 42.5 Å². The summed E-state index contributed by atoms with van der Waals surface area (Å²) in [4.78, 5) is 36.3. The van der Waals surface area contributed by atoms with Crippen LogP contribution in [0.1, 0.15) is 38.1 Å². The van der Waals surface area contributed by atoms with Gasteiger partial charge in [0, 0.05) is 17.5 Å². The molecule has 1 aromatic heterocycles. The predicted octanol–water partition coefficient (Wildman–Crippen LogP) is 2.51. The second-order valence-electron chi connectivity index (χ2n) is 8.07. The number of hydrogen-bond acceptors (Lipinski definition) is 6. The molecule has 1 aliphatic rings. The number of nitrogens with zero attached hydrogens (tertiary/aromatic N) is 2. The second-order valence-corrected chi connectivity index (χ2v) is 9.50. The van der Waals surface area contributed by atoms with Crippen LogP contribution >= 0.6 is 8.58 Å². The highest BCUT2D eigenvalue weighted by Crippen LogP contribution is 2.20. The average Bonchev–Trinajstić information content (AvgIpc) is 2.80. The van der Waals surface area contributed by atoms with Crippen LogP contribution in [0.15, 0.2) is 53.5 Å². The largest absolute Gasteiger partial charge is 0.494 e. The number of hydrogen-bond donors (Lipinski definition) is 2. The van der Waals surface area contributed by atoms with E-state index in [4.69, 9.17) is 10.5 Å². The maximum absolute atomic E-state index is 12.9. The highest BCUT2D eigenvalue weighted by Gasteiger charge is 2.29. The van der Waals surface area contributed by atoms with Gasteiger partial charge in [-0.1, -0.05) is 14.6 Å². The first-order valence-corrected chi connectivity index (χ1v) is 12.3. The molecular weight excluding hydrogens is 439 g/mol. The van der Waals surface area contributed by atoms with Crippen LogP contribution in [0.3, 0.4) is 0 Å². The van der Waals surface area contributed by atoms with Crippen molar-refractivity contribution in [1.82, 2.24) is 15.1 Å². The number of unbranched alkanes of at least 4 members (excludes halogenated alkanes) is 2. The molecule has 33 heavy (non-hydrogen) atoms. The van der Waals surface area contributed by atoms with Gasteiger partial charge in [0.05, 0.1) is 18.2 Å². The van der Waals surface area contributed by atoms with Crippen LogP contribution in [0.5, 0.6) is 5.75 Å². The lowest BCUT2D eigenvalue weighted by molar-refractivity contribution is -0.136. The van der Waals surface area contributed by atoms with Gasteiger partial charge in [-0.15, -0.1) is 0 Å². The van der Waals surface area contributed by atoms with E-state index in [1.165, 1.54) is 9.99 Å². The van der Waals surface area contributed by atoms with Gasteiger partial charge in [0.25, 0.3) is 11.5 Å². The lowest BCUT2D eigenvalue weighted by atomic mass is 10.1. The molecule has 1 aliphatic heterocycles. The molecule has 1 fully saturated rings. The Morgan fingerprint density at radius 1 is 1.09 bits per heavy atom. The Morgan fingerprint density at radius 2 is 1.91 bits per heavy atom. The van der Waals surface area contributed by atoms with E-state index >= 15 is 0 Å². The number of benzene rings is 2. The highest BCUT2D eigenvalue weighted by atomic mass is 31.1. The molecule has 8 nitrogen and oxygen atoms in total. The Kier molecular flexibility index (Phi) is 7.35. The first kappa shape index (κ1) is 22.9. The van der Waals surface area contributed by atoms with Crippen molar-refractivity contribution < 1.29 is 14.3 Å². The minimum atomic E-state index is -0.745. The van der Waals surface area contributed by atoms with E-state index in [2.05, 4.69) is 10.4 Å². The topological polar surface area (TPSA) is 116 Å². The number of aromatic nitrogens is 2. The van der Waals surface area contributed by atoms with Gasteiger partial charge in [0.1, 0.15) is 11.8 Å². The Bertz CT molecular complexity index is 1210. The predicted molar refractivity (Wildman–Crippen MR) is 130 cm³/mol. The van der Waals surface area contributed by atoms with Crippen molar-refractivity contribution in [2.75, 3.05) is 18.5 Å². The lowest BCUT2D eigenvalue weighted by Crippen LogP contribution is -2.45. The zero-order valence-electron chi connectivity index (χ0n) is 18.3. The van der Waals surface area contributed by atoms with Gasteiger partial charge in [0.2, 0.25) is 5.91 Å². The number of piperidine rings is 1. The van der Waals surface area contributed by atoms with E-state index in [9.17, 15) is 14.4 Å². The summed E-state index contributed by atoms with van der Waals surface area (Å²) >= 11 is 0. The van der Waals surface area contributed by atoms with E-state index in [1.54, 1.807) is 6.20 Å². The normalized spacial score (nSPS) is 16.4. The van der Waals surface area contributed by atoms with E-state index < -0.39 is 11.9 Å². The van der Waals surface area contributed by atoms with Crippen molar-refractivity contribution in [3.05, 3.63) is 59.0 Å². The Hall–Kier alpha value is -3.25. The molecule has 4 rings (SSSR count). The number of ether oxygens (including phenoxy) is 1. The number of carbonyl (C=O) groups excluding carboxylic acids is 2. The standard InChI is InChI=1S/C24H27N4O4P/c25-17-4-6-18(7-5-17)32-12-2-1-3-13-33-19-8-9-20-16(14-19)15-26-28(24(20)31)21-10-11-22(29)27-23(21)30/h4-9,14-15,21,33H,1-3,10-13,25H2,(H,27,29,30). The number of fused-ring (bicyclic) bond motifs is 1. The van der Waals surface area contributed by atoms with Crippen LogP contribution < -0.4 is 26.7 Å². The first-order valence-electron chi connectivity index (χ1n) is 11.1. The number of imide groups is 1. The Balaban J connectivity index is 1.27. The Labute approximate surface area is 193 Å². The maximum Gasteiger partial charge on any atom is 0.275 e. The number of nitrogens with one attached hydrogen (secondary N) is 1. The molecule has 0 bridgehead atoms. The van der Waals surface area contributed by atoms with Crippen molar-refractivity contribution in [3.63, 3.8) is 0 Å². The molecule has 0 radical (unpaired) electrons. The summed E-state index contributed by atoms with van der Waals surface area (Å²) in [6, 6.07) is 12.5. The molecule has 2 amide bonds. The molecule has 2 atom stereocenters. The SMILES string of the molecule is Nc1ccc(OCCCCCPc2ccc3c(=O)n(C4CCC(=O)NC4=O)ncc3c2)cc1. The van der Waals surface area contributed by atoms with Crippen molar-refractivity contribution >= 4 is 42.2 Å². The molecule has 9 heteroatoms. The molecule has 2 unspecified atom stereocenters. The fourth-order valence-electron chi connectivity index (χ4n) is 3.80. The molecule has 0 saturated carbocycles. The summed E-state index contributed by atoms with van der Waals surface area (Å²) in [6.45, 7) is 0.689. The number of carbonyl (C=O) groups is 2. The zero-order chi connectivity index (χ0) is 23.2. The van der Waals surface area contributed by atoms with Crippen LogP contribution in [-0.4, -0.2) is 34.4 Å². The Morgan fingerprint density at radius 3 is 2.70 bits per heavy atom. The van der Waals surface area contributed by atoms with Gasteiger partial charge < -0.3 is 10.5 Å². The minimum Gasteiger partial charge on any atom is -0.494 e. The average molecular weight is 466 g/mol. The minimum absolute atomic E-state index is 0.204. The van der Waals surface area contributed by atoms with Gasteiger partial charge in [-0.2, -0.15) is 5.10 Å². The lowest BCUT2D eigenvalue weighted by Gasteiger charge is -2.21. The first-order chi connectivity index (χ1) is 16.0. The summed E-state index contributed by atoms with van der Waals surface area (Å²) in [5.41, 5.74) is 6.09. The van der Waals surface area contributed by atoms with Gasteiger partial charge in [-0.3, -0.25) is 19.7 Å². The monoisotopic (exact) mass is 466 g/mol. The molecular formula is C24H27N4O4P. The molecule has 172 valence electrons. The number of nitrogens with two attached hydrogens (primary N) is 1. The van der Waals surface area contributed by atoms with Crippen LogP contribution in [-0.2, 0) is 9.59 Å². The van der Waals surface area contributed by atoms with Crippen molar-refractivity contribution in [2.45, 2.75) is 38.1 Å². The fraction of sp³-hybridized carbons (Fsp3) is 0.333. The maximum atomic E-state index is 12.9. The summed E-state index contributed by atoms with van der Waals surface area (Å²) in [6.07, 6.45) is 6.39. The fourth-order valence-corrected chi connectivity index (χ4v) is 4.98. The number of amides is 2. The molecule has 2 aromatic carbocycles. The smallest absolute Gasteiger partial charge is 0.275 e.